The van der Waals surface area contributed by atoms with Gasteiger partial charge in [-0.3, -0.25) is 0 Å². The van der Waals surface area contributed by atoms with Crippen molar-refractivity contribution in [1.82, 2.24) is 30.0 Å². The van der Waals surface area contributed by atoms with Crippen molar-refractivity contribution in [3.63, 3.8) is 0 Å². The maximum atomic E-state index is 4.30. The molecule has 0 N–H and O–H groups in total. The molecule has 0 aliphatic carbocycles. The van der Waals surface area contributed by atoms with Gasteiger partial charge in [-0.2, -0.15) is 9.36 Å². The number of hydrogen-bond donors (Lipinski definition) is 0. The van der Waals surface area contributed by atoms with E-state index in [0.717, 1.165) is 33.5 Å². The predicted octanol–water partition coefficient (Wildman–Crippen LogP) is 2.75. The Morgan fingerprint density at radius 2 is 1.18 bits per heavy atom. The van der Waals surface area contributed by atoms with Crippen LogP contribution >= 0.6 is 0 Å². The summed E-state index contributed by atoms with van der Waals surface area (Å²) in [7, 11) is 0. The fourth-order valence-corrected chi connectivity index (χ4v) is 2.56. The van der Waals surface area contributed by atoms with Gasteiger partial charge in [0, 0.05) is 0 Å². The van der Waals surface area contributed by atoms with Crippen LogP contribution in [-0.4, -0.2) is 30.0 Å². The highest BCUT2D eigenvalue weighted by Gasteiger charge is 2.15. The number of hydrogen-bond acceptors (Lipinski definition) is 4. The van der Waals surface area contributed by atoms with E-state index in [1.807, 2.05) is 71.7 Å². The van der Waals surface area contributed by atoms with Gasteiger partial charge in [0.1, 0.15) is 11.0 Å². The molecule has 0 fully saturated rings. The summed E-state index contributed by atoms with van der Waals surface area (Å²) in [6.07, 6.45) is 0. The molecule has 2 heterocycles. The molecule has 0 spiro atoms. The second-order valence-electron chi connectivity index (χ2n) is 5.30. The van der Waals surface area contributed by atoms with E-state index in [-0.39, 0.29) is 0 Å². The normalized spacial score (nSPS) is 11.2. The van der Waals surface area contributed by atoms with E-state index in [0.29, 0.717) is 0 Å². The summed E-state index contributed by atoms with van der Waals surface area (Å²) in [5.74, 6) is 0.849. The van der Waals surface area contributed by atoms with E-state index in [1.165, 1.54) is 0 Å². The molecule has 2 aromatic heterocycles. The number of allylic oxidation sites excluding steroid dienone is 1. The molecule has 0 aliphatic heterocycles. The number of aromatic nitrogens is 6. The van der Waals surface area contributed by atoms with Gasteiger partial charge in [-0.15, -0.1) is 10.2 Å². The molecule has 6 heteroatoms. The Labute approximate surface area is 126 Å². The zero-order valence-corrected chi connectivity index (χ0v) is 12.3. The van der Waals surface area contributed by atoms with Crippen LogP contribution in [0.5, 0.6) is 0 Å². The molecule has 0 bridgehead atoms. The maximum Gasteiger partial charge on any atom is 0.158 e. The fourth-order valence-electron chi connectivity index (χ4n) is 2.56. The van der Waals surface area contributed by atoms with E-state index < -0.39 is 0 Å². The first-order valence-corrected chi connectivity index (χ1v) is 7.05. The summed E-state index contributed by atoms with van der Waals surface area (Å²) in [6, 6.07) is 15.7. The van der Waals surface area contributed by atoms with E-state index in [1.54, 1.807) is 0 Å². The topological polar surface area (TPSA) is 61.4 Å². The number of benzene rings is 2. The van der Waals surface area contributed by atoms with Crippen LogP contribution in [0.3, 0.4) is 0 Å². The summed E-state index contributed by atoms with van der Waals surface area (Å²) in [5.41, 5.74) is 4.67. The van der Waals surface area contributed by atoms with Crippen molar-refractivity contribution >= 4 is 22.1 Å². The minimum atomic E-state index is 0.849. The van der Waals surface area contributed by atoms with Crippen molar-refractivity contribution < 1.29 is 0 Å². The largest absolute Gasteiger partial charge is 0.194 e. The monoisotopic (exact) mass is 290 g/mol. The minimum Gasteiger partial charge on any atom is -0.194 e. The Bertz CT molecular complexity index is 928. The molecule has 0 unspecified atom stereocenters. The first kappa shape index (κ1) is 12.7. The molecule has 0 saturated heterocycles. The van der Waals surface area contributed by atoms with Gasteiger partial charge in [0.2, 0.25) is 0 Å². The SMILES string of the molecule is CC(C)=C(n1nnc2ccccc21)n1nnc2ccccc21. The first-order chi connectivity index (χ1) is 10.8. The number of para-hydroxylation sites is 2. The minimum absolute atomic E-state index is 0.849. The highest BCUT2D eigenvalue weighted by Crippen LogP contribution is 2.19. The molecule has 0 aliphatic rings. The Hall–Kier alpha value is -3.02. The van der Waals surface area contributed by atoms with Crippen molar-refractivity contribution in [2.75, 3.05) is 0 Å². The van der Waals surface area contributed by atoms with Crippen molar-refractivity contribution in [3.8, 4) is 0 Å². The Kier molecular flexibility index (Phi) is 2.75. The van der Waals surface area contributed by atoms with Crippen LogP contribution in [0.4, 0.5) is 0 Å². The van der Waals surface area contributed by atoms with Crippen molar-refractivity contribution in [1.29, 1.82) is 0 Å². The molecule has 0 radical (unpaired) electrons. The maximum absolute atomic E-state index is 4.30. The van der Waals surface area contributed by atoms with Gasteiger partial charge in [0.25, 0.3) is 0 Å². The van der Waals surface area contributed by atoms with E-state index >= 15 is 0 Å². The summed E-state index contributed by atoms with van der Waals surface area (Å²) in [6.45, 7) is 4.06. The number of rotatable bonds is 2. The van der Waals surface area contributed by atoms with Gasteiger partial charge >= 0.3 is 0 Å². The van der Waals surface area contributed by atoms with Gasteiger partial charge < -0.3 is 0 Å². The van der Waals surface area contributed by atoms with E-state index in [4.69, 9.17) is 0 Å². The highest BCUT2D eigenvalue weighted by atomic mass is 15.5. The van der Waals surface area contributed by atoms with Crippen molar-refractivity contribution in [3.05, 3.63) is 59.9 Å². The molecule has 22 heavy (non-hydrogen) atoms. The predicted molar refractivity (Wildman–Crippen MR) is 84.0 cm³/mol. The van der Waals surface area contributed by atoms with Crippen LogP contribution in [-0.2, 0) is 0 Å². The summed E-state index contributed by atoms with van der Waals surface area (Å²) < 4.78 is 3.62. The number of nitrogens with zero attached hydrogens (tertiary/aromatic N) is 6. The third-order valence-electron chi connectivity index (χ3n) is 3.55. The molecule has 6 nitrogen and oxygen atoms in total. The summed E-state index contributed by atoms with van der Waals surface area (Å²) >= 11 is 0. The van der Waals surface area contributed by atoms with Crippen LogP contribution in [0.15, 0.2) is 54.1 Å². The van der Waals surface area contributed by atoms with Crippen LogP contribution in [0.2, 0.25) is 0 Å². The molecule has 4 rings (SSSR count). The fraction of sp³-hybridized carbons (Fsp3) is 0.125. The lowest BCUT2D eigenvalue weighted by molar-refractivity contribution is 0.602. The average molecular weight is 290 g/mol. The molecule has 4 aromatic rings. The van der Waals surface area contributed by atoms with Gasteiger partial charge in [-0.05, 0) is 43.7 Å². The Morgan fingerprint density at radius 3 is 1.64 bits per heavy atom. The zero-order chi connectivity index (χ0) is 15.1. The highest BCUT2D eigenvalue weighted by molar-refractivity contribution is 5.76. The molecule has 0 saturated carbocycles. The quantitative estimate of drug-likeness (QED) is 0.569. The Morgan fingerprint density at radius 1 is 0.727 bits per heavy atom. The molecule has 108 valence electrons. The van der Waals surface area contributed by atoms with Gasteiger partial charge in [-0.1, -0.05) is 34.7 Å². The standard InChI is InChI=1S/C16H14N6/c1-11(2)16(21-14-9-5-3-7-12(14)17-19-21)22-15-10-6-4-8-13(15)18-20-22/h3-10H,1-2H3. The second-order valence-corrected chi connectivity index (χ2v) is 5.30. The molecule has 2 aromatic carbocycles. The van der Waals surface area contributed by atoms with Crippen LogP contribution < -0.4 is 0 Å². The van der Waals surface area contributed by atoms with E-state index in [9.17, 15) is 0 Å². The zero-order valence-electron chi connectivity index (χ0n) is 12.3. The molecule has 0 atom stereocenters. The van der Waals surface area contributed by atoms with Crippen molar-refractivity contribution in [2.45, 2.75) is 13.8 Å². The molecule has 0 amide bonds. The summed E-state index contributed by atoms with van der Waals surface area (Å²) in [4.78, 5) is 0. The van der Waals surface area contributed by atoms with Gasteiger partial charge in [0.05, 0.1) is 11.0 Å². The molecular formula is C16H14N6. The average Bonchev–Trinajstić information content (AvgIpc) is 3.13. The van der Waals surface area contributed by atoms with Gasteiger partial charge in [-0.25, -0.2) is 0 Å². The van der Waals surface area contributed by atoms with Crippen LogP contribution in [0, 0.1) is 5.82 Å². The molecular weight excluding hydrogens is 276 g/mol. The van der Waals surface area contributed by atoms with E-state index in [2.05, 4.69) is 20.6 Å². The lowest BCUT2D eigenvalue weighted by Crippen LogP contribution is -2.16. The third kappa shape index (κ3) is 1.81. The Balaban J connectivity index is 2.02. The smallest absolute Gasteiger partial charge is 0.158 e. The lowest BCUT2D eigenvalue weighted by atomic mass is 10.3. The third-order valence-corrected chi connectivity index (χ3v) is 3.55. The van der Waals surface area contributed by atoms with Crippen molar-refractivity contribution in [2.24, 2.45) is 0 Å². The van der Waals surface area contributed by atoms with Gasteiger partial charge in [0.15, 0.2) is 5.82 Å². The first-order valence-electron chi connectivity index (χ1n) is 7.05. The number of fused-ring (bicyclic) bond motifs is 2. The lowest BCUT2D eigenvalue weighted by Gasteiger charge is -2.11. The van der Waals surface area contributed by atoms with Crippen LogP contribution in [0.1, 0.15) is 13.8 Å². The van der Waals surface area contributed by atoms with Crippen LogP contribution in [0.25, 0.3) is 22.1 Å². The second kappa shape index (κ2) is 4.77. The summed E-state index contributed by atoms with van der Waals surface area (Å²) in [5, 5.41) is 17.1.